The van der Waals surface area contributed by atoms with E-state index in [1.54, 1.807) is 6.07 Å². The number of hydrazine groups is 1. The SMILES string of the molecule is NNc1cc(C(=O)Nc2cc(Cl)c(Cl)cc2Cl)ccn1. The summed E-state index contributed by atoms with van der Waals surface area (Å²) in [5.41, 5.74) is 3.09. The number of amides is 1. The highest BCUT2D eigenvalue weighted by Crippen LogP contribution is 2.32. The zero-order chi connectivity index (χ0) is 14.7. The molecule has 0 saturated heterocycles. The van der Waals surface area contributed by atoms with Gasteiger partial charge < -0.3 is 10.7 Å². The Kier molecular flexibility index (Phi) is 4.67. The van der Waals surface area contributed by atoms with Gasteiger partial charge in [0.15, 0.2) is 0 Å². The third-order valence-corrected chi connectivity index (χ3v) is 3.46. The third kappa shape index (κ3) is 3.32. The molecule has 0 saturated carbocycles. The molecule has 0 bridgehead atoms. The van der Waals surface area contributed by atoms with Gasteiger partial charge in [-0.25, -0.2) is 10.8 Å². The molecule has 0 spiro atoms. The normalized spacial score (nSPS) is 10.2. The van der Waals surface area contributed by atoms with Crippen molar-refractivity contribution in [2.45, 2.75) is 0 Å². The second kappa shape index (κ2) is 6.28. The summed E-state index contributed by atoms with van der Waals surface area (Å²) in [6.07, 6.45) is 1.46. The number of hydrogen-bond donors (Lipinski definition) is 3. The topological polar surface area (TPSA) is 80.0 Å². The fraction of sp³-hybridized carbons (Fsp3) is 0. The fourth-order valence-electron chi connectivity index (χ4n) is 1.46. The molecule has 5 nitrogen and oxygen atoms in total. The van der Waals surface area contributed by atoms with Crippen molar-refractivity contribution in [1.29, 1.82) is 0 Å². The average molecular weight is 332 g/mol. The van der Waals surface area contributed by atoms with E-state index in [9.17, 15) is 4.79 Å². The molecule has 1 amide bonds. The van der Waals surface area contributed by atoms with Gasteiger partial charge in [-0.05, 0) is 24.3 Å². The molecule has 20 heavy (non-hydrogen) atoms. The third-order valence-electron chi connectivity index (χ3n) is 2.43. The van der Waals surface area contributed by atoms with Gasteiger partial charge in [-0.1, -0.05) is 34.8 Å². The van der Waals surface area contributed by atoms with Crippen LogP contribution in [0.2, 0.25) is 15.1 Å². The molecule has 1 aromatic heterocycles. The van der Waals surface area contributed by atoms with Crippen molar-refractivity contribution in [3.8, 4) is 0 Å². The molecule has 104 valence electrons. The van der Waals surface area contributed by atoms with Gasteiger partial charge in [-0.3, -0.25) is 4.79 Å². The molecule has 0 aliphatic carbocycles. The first-order valence-electron chi connectivity index (χ1n) is 5.40. The van der Waals surface area contributed by atoms with E-state index in [4.69, 9.17) is 40.6 Å². The minimum atomic E-state index is -0.371. The second-order valence-corrected chi connectivity index (χ2v) is 5.00. The number of nitrogens with zero attached hydrogens (tertiary/aromatic N) is 1. The first-order chi connectivity index (χ1) is 9.51. The van der Waals surface area contributed by atoms with Gasteiger partial charge in [-0.15, -0.1) is 0 Å². The van der Waals surface area contributed by atoms with E-state index in [2.05, 4.69) is 15.7 Å². The van der Waals surface area contributed by atoms with Crippen LogP contribution in [0.4, 0.5) is 11.5 Å². The van der Waals surface area contributed by atoms with Gasteiger partial charge in [-0.2, -0.15) is 0 Å². The van der Waals surface area contributed by atoms with E-state index in [-0.39, 0.29) is 5.91 Å². The van der Waals surface area contributed by atoms with E-state index >= 15 is 0 Å². The molecule has 1 aromatic carbocycles. The number of benzene rings is 1. The fourth-order valence-corrected chi connectivity index (χ4v) is 2.06. The summed E-state index contributed by atoms with van der Waals surface area (Å²) in [4.78, 5) is 16.0. The number of aromatic nitrogens is 1. The lowest BCUT2D eigenvalue weighted by atomic mass is 10.2. The number of anilines is 2. The first kappa shape index (κ1) is 14.9. The molecule has 0 aliphatic rings. The van der Waals surface area contributed by atoms with Crippen molar-refractivity contribution in [2.75, 3.05) is 10.7 Å². The summed E-state index contributed by atoms with van der Waals surface area (Å²) in [7, 11) is 0. The molecular weight excluding hydrogens is 323 g/mol. The molecule has 0 radical (unpaired) electrons. The molecular formula is C12H9Cl3N4O. The standard InChI is InChI=1S/C12H9Cl3N4O/c13-7-4-9(15)10(5-8(7)14)18-12(20)6-1-2-17-11(3-6)19-16/h1-5H,16H2,(H,17,19)(H,18,20). The first-order valence-corrected chi connectivity index (χ1v) is 6.53. The number of nitrogens with one attached hydrogen (secondary N) is 2. The van der Waals surface area contributed by atoms with Crippen LogP contribution in [0.15, 0.2) is 30.5 Å². The largest absolute Gasteiger partial charge is 0.321 e. The van der Waals surface area contributed by atoms with Crippen LogP contribution in [-0.4, -0.2) is 10.9 Å². The Morgan fingerprint density at radius 1 is 1.10 bits per heavy atom. The highest BCUT2D eigenvalue weighted by Gasteiger charge is 2.11. The number of nitrogen functional groups attached to an aromatic ring is 1. The Morgan fingerprint density at radius 2 is 1.80 bits per heavy atom. The molecule has 2 aromatic rings. The Hall–Kier alpha value is -1.53. The lowest BCUT2D eigenvalue weighted by molar-refractivity contribution is 0.102. The monoisotopic (exact) mass is 330 g/mol. The molecule has 0 aliphatic heterocycles. The van der Waals surface area contributed by atoms with Gasteiger partial charge in [0.05, 0.1) is 20.8 Å². The quantitative estimate of drug-likeness (QED) is 0.456. The van der Waals surface area contributed by atoms with Crippen molar-refractivity contribution in [2.24, 2.45) is 5.84 Å². The zero-order valence-corrected chi connectivity index (χ0v) is 12.2. The Bertz CT molecular complexity index is 663. The van der Waals surface area contributed by atoms with E-state index in [1.807, 2.05) is 0 Å². The molecule has 4 N–H and O–H groups in total. The predicted molar refractivity (Wildman–Crippen MR) is 81.5 cm³/mol. The Labute approximate surface area is 130 Å². The summed E-state index contributed by atoms with van der Waals surface area (Å²) in [5, 5.41) is 3.54. The maximum absolute atomic E-state index is 12.1. The van der Waals surface area contributed by atoms with Gasteiger partial charge in [0.1, 0.15) is 5.82 Å². The number of pyridine rings is 1. The molecule has 1 heterocycles. The molecule has 0 unspecified atom stereocenters. The van der Waals surface area contributed by atoms with Gasteiger partial charge in [0.25, 0.3) is 5.91 Å². The van der Waals surface area contributed by atoms with Crippen LogP contribution in [-0.2, 0) is 0 Å². The van der Waals surface area contributed by atoms with Crippen molar-refractivity contribution < 1.29 is 4.79 Å². The number of hydrogen-bond acceptors (Lipinski definition) is 4. The summed E-state index contributed by atoms with van der Waals surface area (Å²) >= 11 is 17.7. The van der Waals surface area contributed by atoms with Crippen LogP contribution in [0.1, 0.15) is 10.4 Å². The highest BCUT2D eigenvalue weighted by atomic mass is 35.5. The Morgan fingerprint density at radius 3 is 2.50 bits per heavy atom. The number of rotatable bonds is 3. The molecule has 2 rings (SSSR count). The van der Waals surface area contributed by atoms with Crippen LogP contribution >= 0.6 is 34.8 Å². The minimum Gasteiger partial charge on any atom is -0.321 e. The summed E-state index contributed by atoms with van der Waals surface area (Å²) in [6, 6.07) is 5.98. The van der Waals surface area contributed by atoms with Crippen molar-refractivity contribution in [3.05, 3.63) is 51.1 Å². The van der Waals surface area contributed by atoms with Gasteiger partial charge >= 0.3 is 0 Å². The van der Waals surface area contributed by atoms with Crippen LogP contribution in [0.5, 0.6) is 0 Å². The summed E-state index contributed by atoms with van der Waals surface area (Å²) in [5.74, 6) is 5.24. The van der Waals surface area contributed by atoms with Crippen LogP contribution < -0.4 is 16.6 Å². The predicted octanol–water partition coefficient (Wildman–Crippen LogP) is 3.58. The highest BCUT2D eigenvalue weighted by molar-refractivity contribution is 6.44. The second-order valence-electron chi connectivity index (χ2n) is 3.77. The number of nitrogens with two attached hydrogens (primary N) is 1. The van der Waals surface area contributed by atoms with Crippen molar-refractivity contribution in [3.63, 3.8) is 0 Å². The van der Waals surface area contributed by atoms with Crippen molar-refractivity contribution in [1.82, 2.24) is 4.98 Å². The smallest absolute Gasteiger partial charge is 0.255 e. The summed E-state index contributed by atoms with van der Waals surface area (Å²) < 4.78 is 0. The van der Waals surface area contributed by atoms with Gasteiger partial charge in [0, 0.05) is 11.8 Å². The number of halogens is 3. The summed E-state index contributed by atoms with van der Waals surface area (Å²) in [6.45, 7) is 0. The molecule has 0 fully saturated rings. The van der Waals surface area contributed by atoms with Gasteiger partial charge in [0.2, 0.25) is 0 Å². The number of carbonyl (C=O) groups excluding carboxylic acids is 1. The van der Waals surface area contributed by atoms with Crippen LogP contribution in [0, 0.1) is 0 Å². The van der Waals surface area contributed by atoms with Crippen LogP contribution in [0.25, 0.3) is 0 Å². The van der Waals surface area contributed by atoms with E-state index in [0.717, 1.165) is 0 Å². The minimum absolute atomic E-state index is 0.291. The number of carbonyl (C=O) groups is 1. The lowest BCUT2D eigenvalue weighted by Crippen LogP contribution is -2.14. The maximum atomic E-state index is 12.1. The average Bonchev–Trinajstić information content (AvgIpc) is 2.44. The zero-order valence-electron chi connectivity index (χ0n) is 9.95. The Balaban J connectivity index is 2.25. The molecule has 8 heteroatoms. The molecule has 0 atom stereocenters. The van der Waals surface area contributed by atoms with E-state index in [1.165, 1.54) is 24.4 Å². The maximum Gasteiger partial charge on any atom is 0.255 e. The van der Waals surface area contributed by atoms with Crippen molar-refractivity contribution >= 4 is 52.2 Å². The van der Waals surface area contributed by atoms with Crippen LogP contribution in [0.3, 0.4) is 0 Å². The lowest BCUT2D eigenvalue weighted by Gasteiger charge is -2.09. The van der Waals surface area contributed by atoms with E-state index < -0.39 is 0 Å². The van der Waals surface area contributed by atoms with E-state index in [0.29, 0.717) is 32.1 Å².